The van der Waals surface area contributed by atoms with Gasteiger partial charge in [0.2, 0.25) is 0 Å². The first-order chi connectivity index (χ1) is 7.83. The minimum Gasteiger partial charge on any atom is -0.399 e. The molecule has 2 heterocycles. The zero-order valence-corrected chi connectivity index (χ0v) is 8.64. The average molecular weight is 209 g/mol. The number of anilines is 1. The minimum atomic E-state index is 0.765. The van der Waals surface area contributed by atoms with Crippen molar-refractivity contribution in [2.24, 2.45) is 4.99 Å². The summed E-state index contributed by atoms with van der Waals surface area (Å²) < 4.78 is 0. The molecule has 2 aromatic rings. The molecule has 0 aliphatic carbocycles. The van der Waals surface area contributed by atoms with Gasteiger partial charge >= 0.3 is 0 Å². The van der Waals surface area contributed by atoms with Crippen molar-refractivity contribution in [3.8, 4) is 0 Å². The predicted octanol–water partition coefficient (Wildman–Crippen LogP) is 2.85. The molecule has 0 unspecified atom stereocenters. The average Bonchev–Trinajstić information content (AvgIpc) is 2.90. The van der Waals surface area contributed by atoms with Gasteiger partial charge in [-0.05, 0) is 36.4 Å². The molecule has 3 rings (SSSR count). The molecule has 0 saturated heterocycles. The fourth-order valence-electron chi connectivity index (χ4n) is 1.82. The van der Waals surface area contributed by atoms with Crippen LogP contribution >= 0.6 is 0 Å². The molecule has 0 spiro atoms. The number of allylic oxidation sites excluding steroid dienone is 1. The third kappa shape index (κ3) is 1.42. The molecule has 0 radical (unpaired) electrons. The van der Waals surface area contributed by atoms with Gasteiger partial charge in [0.05, 0.1) is 5.69 Å². The largest absolute Gasteiger partial charge is 0.399 e. The van der Waals surface area contributed by atoms with Gasteiger partial charge in [-0.1, -0.05) is 0 Å². The maximum Gasteiger partial charge on any atom is 0.0710 e. The number of nitrogens with two attached hydrogens (primary N) is 1. The van der Waals surface area contributed by atoms with Gasteiger partial charge in [0.1, 0.15) is 0 Å². The Kier molecular flexibility index (Phi) is 1.90. The van der Waals surface area contributed by atoms with Crippen LogP contribution in [-0.2, 0) is 0 Å². The third-order valence-corrected chi connectivity index (χ3v) is 2.61. The molecule has 3 N–H and O–H groups in total. The van der Waals surface area contributed by atoms with Gasteiger partial charge < -0.3 is 10.7 Å². The lowest BCUT2D eigenvalue weighted by Gasteiger charge is -2.00. The number of aromatic amines is 1. The van der Waals surface area contributed by atoms with Crippen molar-refractivity contribution in [1.82, 2.24) is 4.98 Å². The lowest BCUT2D eigenvalue weighted by atomic mass is 10.1. The smallest absolute Gasteiger partial charge is 0.0710 e. The molecule has 1 aromatic heterocycles. The standard InChI is InChI=1S/C13H11N3/c14-10-3-4-13-12(7-10)9(8-16-13)6-11-2-1-5-15-11/h1-8,15H,14H2. The quantitative estimate of drug-likeness (QED) is 0.697. The second-order valence-corrected chi connectivity index (χ2v) is 3.76. The summed E-state index contributed by atoms with van der Waals surface area (Å²) in [6.45, 7) is 0. The molecule has 3 heteroatoms. The maximum absolute atomic E-state index is 5.78. The molecular formula is C13H11N3. The van der Waals surface area contributed by atoms with Gasteiger partial charge in [-0.25, -0.2) is 0 Å². The fraction of sp³-hybridized carbons (Fsp3) is 0. The Morgan fingerprint density at radius 1 is 1.25 bits per heavy atom. The lowest BCUT2D eigenvalue weighted by molar-refractivity contribution is 1.38. The molecule has 0 fully saturated rings. The van der Waals surface area contributed by atoms with E-state index < -0.39 is 0 Å². The zero-order valence-electron chi connectivity index (χ0n) is 8.64. The van der Waals surface area contributed by atoms with Crippen molar-refractivity contribution in [1.29, 1.82) is 0 Å². The number of nitrogens with one attached hydrogen (secondary N) is 1. The van der Waals surface area contributed by atoms with E-state index in [1.807, 2.05) is 42.7 Å². The number of H-pyrrole nitrogens is 1. The van der Waals surface area contributed by atoms with E-state index in [0.29, 0.717) is 0 Å². The van der Waals surface area contributed by atoms with Crippen molar-refractivity contribution in [2.45, 2.75) is 0 Å². The summed E-state index contributed by atoms with van der Waals surface area (Å²) in [7, 11) is 0. The highest BCUT2D eigenvalue weighted by Crippen LogP contribution is 2.33. The van der Waals surface area contributed by atoms with Crippen molar-refractivity contribution in [3.05, 3.63) is 47.8 Å². The van der Waals surface area contributed by atoms with Crippen LogP contribution < -0.4 is 5.73 Å². The molecular weight excluding hydrogens is 198 g/mol. The second-order valence-electron chi connectivity index (χ2n) is 3.76. The molecule has 0 amide bonds. The highest BCUT2D eigenvalue weighted by molar-refractivity contribution is 6.21. The van der Waals surface area contributed by atoms with Crippen LogP contribution in [-0.4, -0.2) is 11.2 Å². The van der Waals surface area contributed by atoms with Crippen molar-refractivity contribution >= 4 is 29.2 Å². The summed E-state index contributed by atoms with van der Waals surface area (Å²) in [5.74, 6) is 0. The number of nitrogen functional groups attached to an aromatic ring is 1. The molecule has 1 aliphatic rings. The van der Waals surface area contributed by atoms with E-state index in [-0.39, 0.29) is 0 Å². The number of hydrogen-bond acceptors (Lipinski definition) is 2. The van der Waals surface area contributed by atoms with E-state index in [4.69, 9.17) is 5.73 Å². The van der Waals surface area contributed by atoms with Crippen LogP contribution in [0.15, 0.2) is 41.5 Å². The number of benzene rings is 1. The number of nitrogens with zero attached hydrogens (tertiary/aromatic N) is 1. The Balaban J connectivity index is 2.09. The Bertz CT molecular complexity index is 577. The van der Waals surface area contributed by atoms with E-state index in [1.54, 1.807) is 0 Å². The Morgan fingerprint density at radius 2 is 2.19 bits per heavy atom. The van der Waals surface area contributed by atoms with Crippen molar-refractivity contribution < 1.29 is 0 Å². The minimum absolute atomic E-state index is 0.765. The fourth-order valence-corrected chi connectivity index (χ4v) is 1.82. The molecule has 0 saturated carbocycles. The first-order valence-corrected chi connectivity index (χ1v) is 5.12. The van der Waals surface area contributed by atoms with Crippen LogP contribution in [0.25, 0.3) is 11.6 Å². The summed E-state index contributed by atoms with van der Waals surface area (Å²) >= 11 is 0. The van der Waals surface area contributed by atoms with Crippen LogP contribution in [0.1, 0.15) is 11.3 Å². The van der Waals surface area contributed by atoms with Crippen LogP contribution in [0, 0.1) is 0 Å². The van der Waals surface area contributed by atoms with Crippen LogP contribution in [0.3, 0.4) is 0 Å². The van der Waals surface area contributed by atoms with E-state index >= 15 is 0 Å². The van der Waals surface area contributed by atoms with Gasteiger partial charge in [0.15, 0.2) is 0 Å². The topological polar surface area (TPSA) is 54.2 Å². The van der Waals surface area contributed by atoms with Crippen LogP contribution in [0.5, 0.6) is 0 Å². The molecule has 3 nitrogen and oxygen atoms in total. The number of rotatable bonds is 1. The third-order valence-electron chi connectivity index (χ3n) is 2.61. The predicted molar refractivity (Wildman–Crippen MR) is 67.7 cm³/mol. The van der Waals surface area contributed by atoms with Crippen LogP contribution in [0.4, 0.5) is 11.4 Å². The summed E-state index contributed by atoms with van der Waals surface area (Å²) in [6.07, 6.45) is 5.83. The SMILES string of the molecule is Nc1ccc2c(c1)C(=Cc1ccc[nH]1)C=N2. The molecule has 1 aromatic carbocycles. The molecule has 16 heavy (non-hydrogen) atoms. The van der Waals surface area contributed by atoms with E-state index in [9.17, 15) is 0 Å². The van der Waals surface area contributed by atoms with Crippen LogP contribution in [0.2, 0.25) is 0 Å². The van der Waals surface area contributed by atoms with Gasteiger partial charge in [-0.2, -0.15) is 0 Å². The lowest BCUT2D eigenvalue weighted by Crippen LogP contribution is -1.86. The normalized spacial score (nSPS) is 15.6. The van der Waals surface area contributed by atoms with E-state index in [2.05, 4.69) is 16.1 Å². The first kappa shape index (κ1) is 8.97. The zero-order chi connectivity index (χ0) is 11.0. The van der Waals surface area contributed by atoms with E-state index in [1.165, 1.54) is 0 Å². The monoisotopic (exact) mass is 209 g/mol. The second kappa shape index (κ2) is 3.38. The summed E-state index contributed by atoms with van der Waals surface area (Å²) in [5, 5.41) is 0. The van der Waals surface area contributed by atoms with Gasteiger partial charge in [-0.15, -0.1) is 0 Å². The summed E-state index contributed by atoms with van der Waals surface area (Å²) in [6, 6.07) is 9.76. The highest BCUT2D eigenvalue weighted by atomic mass is 14.8. The maximum atomic E-state index is 5.78. The number of fused-ring (bicyclic) bond motifs is 1. The Labute approximate surface area is 93.3 Å². The number of hydrogen-bond donors (Lipinski definition) is 2. The van der Waals surface area contributed by atoms with Gasteiger partial charge in [0.25, 0.3) is 0 Å². The summed E-state index contributed by atoms with van der Waals surface area (Å²) in [4.78, 5) is 7.48. The number of aromatic nitrogens is 1. The first-order valence-electron chi connectivity index (χ1n) is 5.12. The molecule has 1 aliphatic heterocycles. The Hall–Kier alpha value is -2.29. The molecule has 0 bridgehead atoms. The highest BCUT2D eigenvalue weighted by Gasteiger charge is 2.11. The summed E-state index contributed by atoms with van der Waals surface area (Å²) in [5.41, 5.74) is 10.8. The van der Waals surface area contributed by atoms with Gasteiger partial charge in [0, 0.05) is 34.9 Å². The van der Waals surface area contributed by atoms with Crippen molar-refractivity contribution in [2.75, 3.05) is 5.73 Å². The van der Waals surface area contributed by atoms with Crippen molar-refractivity contribution in [3.63, 3.8) is 0 Å². The van der Waals surface area contributed by atoms with Gasteiger partial charge in [-0.3, -0.25) is 4.99 Å². The molecule has 0 atom stereocenters. The van der Waals surface area contributed by atoms with E-state index in [0.717, 1.165) is 28.2 Å². The Morgan fingerprint density at radius 3 is 3.00 bits per heavy atom. The molecule has 78 valence electrons. The number of aliphatic imine (C=N–C) groups is 1.